The van der Waals surface area contributed by atoms with Crippen LogP contribution in [-0.2, 0) is 19.6 Å². The first kappa shape index (κ1) is 23.2. The van der Waals surface area contributed by atoms with Gasteiger partial charge in [-0.25, -0.2) is 8.42 Å². The maximum Gasteiger partial charge on any atom is 0.243 e. The van der Waals surface area contributed by atoms with Gasteiger partial charge in [0.25, 0.3) is 0 Å². The quantitative estimate of drug-likeness (QED) is 0.671. The number of morpholine rings is 1. The fraction of sp³-hybridized carbons (Fsp3) is 0.435. The molecule has 2 aromatic carbocycles. The van der Waals surface area contributed by atoms with E-state index in [-0.39, 0.29) is 22.6 Å². The van der Waals surface area contributed by atoms with Gasteiger partial charge in [-0.2, -0.15) is 4.31 Å². The number of amides is 1. The third-order valence-corrected chi connectivity index (χ3v) is 7.59. The number of sulfonamides is 1. The standard InChI is InChI=1S/C23H30N2O5S/c1-4-17(2)22(18-8-6-5-7-9-18)23(26)24-20-16-19(10-11-21(20)29-3)31(27,28)25-12-14-30-15-13-25/h5-11,16-17,22H,4,12-15H2,1-3H3,(H,24,26). The van der Waals surface area contributed by atoms with Gasteiger partial charge < -0.3 is 14.8 Å². The highest BCUT2D eigenvalue weighted by molar-refractivity contribution is 7.89. The van der Waals surface area contributed by atoms with Gasteiger partial charge in [0.1, 0.15) is 5.75 Å². The molecule has 168 valence electrons. The Kier molecular flexibility index (Phi) is 7.69. The lowest BCUT2D eigenvalue weighted by Crippen LogP contribution is -2.40. The fourth-order valence-corrected chi connectivity index (χ4v) is 5.16. The normalized spacial score (nSPS) is 17.0. The van der Waals surface area contributed by atoms with E-state index in [4.69, 9.17) is 9.47 Å². The number of hydrogen-bond donors (Lipinski definition) is 1. The number of nitrogens with zero attached hydrogens (tertiary/aromatic N) is 1. The van der Waals surface area contributed by atoms with Gasteiger partial charge in [-0.15, -0.1) is 0 Å². The summed E-state index contributed by atoms with van der Waals surface area (Å²) in [5.74, 6) is -0.0471. The van der Waals surface area contributed by atoms with Crippen LogP contribution in [0.5, 0.6) is 5.75 Å². The lowest BCUT2D eigenvalue weighted by molar-refractivity contribution is -0.118. The zero-order valence-corrected chi connectivity index (χ0v) is 19.0. The molecule has 8 heteroatoms. The zero-order chi connectivity index (χ0) is 22.4. The van der Waals surface area contributed by atoms with Crippen molar-refractivity contribution in [2.24, 2.45) is 5.92 Å². The van der Waals surface area contributed by atoms with Gasteiger partial charge in [-0.3, -0.25) is 4.79 Å². The van der Waals surface area contributed by atoms with E-state index in [1.165, 1.54) is 23.5 Å². The van der Waals surface area contributed by atoms with Gasteiger partial charge in [0.15, 0.2) is 0 Å². The van der Waals surface area contributed by atoms with Gasteiger partial charge in [-0.1, -0.05) is 50.6 Å². The van der Waals surface area contributed by atoms with E-state index in [2.05, 4.69) is 5.32 Å². The third kappa shape index (κ3) is 5.26. The Morgan fingerprint density at radius 3 is 2.45 bits per heavy atom. The van der Waals surface area contributed by atoms with E-state index in [1.807, 2.05) is 44.2 Å². The predicted octanol–water partition coefficient (Wildman–Crippen LogP) is 3.48. The van der Waals surface area contributed by atoms with E-state index in [0.717, 1.165) is 12.0 Å². The molecule has 0 aliphatic carbocycles. The lowest BCUT2D eigenvalue weighted by Gasteiger charge is -2.26. The highest BCUT2D eigenvalue weighted by atomic mass is 32.2. The largest absolute Gasteiger partial charge is 0.495 e. The van der Waals surface area contributed by atoms with Gasteiger partial charge in [-0.05, 0) is 29.7 Å². The summed E-state index contributed by atoms with van der Waals surface area (Å²) in [6.45, 7) is 5.43. The minimum Gasteiger partial charge on any atom is -0.495 e. The minimum absolute atomic E-state index is 0.105. The third-order valence-electron chi connectivity index (χ3n) is 5.69. The number of anilines is 1. The summed E-state index contributed by atoms with van der Waals surface area (Å²) in [6.07, 6.45) is 0.829. The summed E-state index contributed by atoms with van der Waals surface area (Å²) >= 11 is 0. The molecule has 7 nitrogen and oxygen atoms in total. The number of hydrogen-bond acceptors (Lipinski definition) is 5. The van der Waals surface area contributed by atoms with Crippen LogP contribution in [0.2, 0.25) is 0 Å². The fourth-order valence-electron chi connectivity index (χ4n) is 3.73. The molecule has 3 rings (SSSR count). The van der Waals surface area contributed by atoms with Crippen LogP contribution in [0.4, 0.5) is 5.69 Å². The Hall–Kier alpha value is -2.42. The summed E-state index contributed by atoms with van der Waals surface area (Å²) in [5.41, 5.74) is 1.26. The molecule has 0 spiro atoms. The monoisotopic (exact) mass is 446 g/mol. The molecule has 2 aromatic rings. The summed E-state index contributed by atoms with van der Waals surface area (Å²) < 4.78 is 38.2. The smallest absolute Gasteiger partial charge is 0.243 e. The second-order valence-corrected chi connectivity index (χ2v) is 9.58. The first-order valence-corrected chi connectivity index (χ1v) is 11.9. The topological polar surface area (TPSA) is 84.9 Å². The zero-order valence-electron chi connectivity index (χ0n) is 18.2. The number of benzene rings is 2. The SMILES string of the molecule is CCC(C)C(C(=O)Nc1cc(S(=O)(=O)N2CCOCC2)ccc1OC)c1ccccc1. The van der Waals surface area contributed by atoms with Crippen molar-refractivity contribution >= 4 is 21.6 Å². The Bertz CT molecular complexity index is 988. The van der Waals surface area contributed by atoms with Crippen LogP contribution in [0.25, 0.3) is 0 Å². The Balaban J connectivity index is 1.92. The molecule has 1 aliphatic heterocycles. The average Bonchev–Trinajstić information content (AvgIpc) is 2.80. The Labute approximate surface area is 184 Å². The van der Waals surface area contributed by atoms with Crippen LogP contribution in [-0.4, -0.2) is 52.0 Å². The first-order valence-electron chi connectivity index (χ1n) is 10.5. The van der Waals surface area contributed by atoms with Crippen LogP contribution < -0.4 is 10.1 Å². The van der Waals surface area contributed by atoms with Gasteiger partial charge in [0.2, 0.25) is 15.9 Å². The van der Waals surface area contributed by atoms with Crippen molar-refractivity contribution in [1.29, 1.82) is 0 Å². The average molecular weight is 447 g/mol. The van der Waals surface area contributed by atoms with E-state index in [1.54, 1.807) is 6.07 Å². The maximum atomic E-state index is 13.3. The van der Waals surface area contributed by atoms with Crippen molar-refractivity contribution in [3.63, 3.8) is 0 Å². The molecule has 1 saturated heterocycles. The van der Waals surface area contributed by atoms with Crippen LogP contribution >= 0.6 is 0 Å². The van der Waals surface area contributed by atoms with E-state index in [9.17, 15) is 13.2 Å². The summed E-state index contributed by atoms with van der Waals surface area (Å²) in [4.78, 5) is 13.4. The van der Waals surface area contributed by atoms with Crippen molar-refractivity contribution in [1.82, 2.24) is 4.31 Å². The molecule has 31 heavy (non-hydrogen) atoms. The van der Waals surface area contributed by atoms with Crippen molar-refractivity contribution in [3.8, 4) is 5.75 Å². The Morgan fingerprint density at radius 2 is 1.84 bits per heavy atom. The Morgan fingerprint density at radius 1 is 1.16 bits per heavy atom. The van der Waals surface area contributed by atoms with Gasteiger partial charge in [0.05, 0.1) is 36.8 Å². The molecule has 0 saturated carbocycles. The molecular weight excluding hydrogens is 416 g/mol. The first-order chi connectivity index (χ1) is 14.9. The molecule has 2 atom stereocenters. The van der Waals surface area contributed by atoms with Gasteiger partial charge in [0, 0.05) is 13.1 Å². The molecule has 1 N–H and O–H groups in total. The predicted molar refractivity (Wildman–Crippen MR) is 120 cm³/mol. The highest BCUT2D eigenvalue weighted by Gasteiger charge is 2.29. The van der Waals surface area contributed by atoms with E-state index in [0.29, 0.717) is 37.7 Å². The van der Waals surface area contributed by atoms with Crippen molar-refractivity contribution in [3.05, 3.63) is 54.1 Å². The molecule has 1 amide bonds. The summed E-state index contributed by atoms with van der Waals surface area (Å²) in [6, 6.07) is 14.2. The molecule has 0 bridgehead atoms. The van der Waals surface area contributed by atoms with Crippen LogP contribution in [0.1, 0.15) is 31.7 Å². The summed E-state index contributed by atoms with van der Waals surface area (Å²) in [5, 5.41) is 2.92. The second-order valence-electron chi connectivity index (χ2n) is 7.64. The van der Waals surface area contributed by atoms with Crippen LogP contribution in [0, 0.1) is 5.92 Å². The number of nitrogens with one attached hydrogen (secondary N) is 1. The number of ether oxygens (including phenoxy) is 2. The number of methoxy groups -OCH3 is 1. The molecular formula is C23H30N2O5S. The highest BCUT2D eigenvalue weighted by Crippen LogP contribution is 2.33. The number of rotatable bonds is 8. The van der Waals surface area contributed by atoms with Crippen LogP contribution in [0.3, 0.4) is 0 Å². The van der Waals surface area contributed by atoms with Crippen molar-refractivity contribution in [2.45, 2.75) is 31.1 Å². The summed E-state index contributed by atoms with van der Waals surface area (Å²) in [7, 11) is -2.20. The number of carbonyl (C=O) groups excluding carboxylic acids is 1. The minimum atomic E-state index is -3.69. The van der Waals surface area contributed by atoms with Crippen molar-refractivity contribution < 1.29 is 22.7 Å². The molecule has 1 heterocycles. The van der Waals surface area contributed by atoms with E-state index < -0.39 is 10.0 Å². The number of carbonyl (C=O) groups is 1. The molecule has 1 fully saturated rings. The maximum absolute atomic E-state index is 13.3. The van der Waals surface area contributed by atoms with Gasteiger partial charge >= 0.3 is 0 Å². The molecule has 0 aromatic heterocycles. The lowest BCUT2D eigenvalue weighted by atomic mass is 9.85. The molecule has 1 aliphatic rings. The van der Waals surface area contributed by atoms with Crippen LogP contribution in [0.15, 0.2) is 53.4 Å². The second kappa shape index (κ2) is 10.3. The van der Waals surface area contributed by atoms with E-state index >= 15 is 0 Å². The van der Waals surface area contributed by atoms with Crippen molar-refractivity contribution in [2.75, 3.05) is 38.7 Å². The molecule has 2 unspecified atom stereocenters. The molecule has 0 radical (unpaired) electrons.